The zero-order valence-electron chi connectivity index (χ0n) is 11.2. The van der Waals surface area contributed by atoms with E-state index in [1.54, 1.807) is 0 Å². The van der Waals surface area contributed by atoms with Crippen LogP contribution in [0.2, 0.25) is 0 Å². The first-order valence-electron chi connectivity index (χ1n) is 6.46. The molecule has 0 radical (unpaired) electrons. The zero-order valence-corrected chi connectivity index (χ0v) is 12.0. The van der Waals surface area contributed by atoms with Crippen LogP contribution in [0.4, 0.5) is 0 Å². The number of para-hydroxylation sites is 1. The normalized spacial score (nSPS) is 11.3. The number of thiophene rings is 1. The molecule has 0 amide bonds. The molecule has 0 bridgehead atoms. The minimum Gasteiger partial charge on any atom is -0.460 e. The highest BCUT2D eigenvalue weighted by atomic mass is 32.1. The molecule has 3 aromatic rings. The number of hydrogen-bond donors (Lipinski definition) is 1. The van der Waals surface area contributed by atoms with Gasteiger partial charge in [-0.3, -0.25) is 0 Å². The van der Waals surface area contributed by atoms with E-state index >= 15 is 0 Å². The summed E-state index contributed by atoms with van der Waals surface area (Å²) < 4.78 is 5.78. The maximum absolute atomic E-state index is 5.78. The summed E-state index contributed by atoms with van der Waals surface area (Å²) in [7, 11) is 0. The third-order valence-corrected chi connectivity index (χ3v) is 4.44. The van der Waals surface area contributed by atoms with Crippen LogP contribution in [0.1, 0.15) is 21.1 Å². The molecule has 98 valence electrons. The van der Waals surface area contributed by atoms with E-state index in [9.17, 15) is 0 Å². The summed E-state index contributed by atoms with van der Waals surface area (Å²) in [5, 5.41) is 4.60. The summed E-state index contributed by atoms with van der Waals surface area (Å²) in [4.78, 5) is 2.78. The monoisotopic (exact) mass is 271 g/mol. The Morgan fingerprint density at radius 3 is 2.68 bits per heavy atom. The van der Waals surface area contributed by atoms with Gasteiger partial charge in [0.05, 0.1) is 6.54 Å². The first-order valence-corrected chi connectivity index (χ1v) is 7.28. The molecule has 0 fully saturated rings. The quantitative estimate of drug-likeness (QED) is 0.760. The number of benzene rings is 1. The molecule has 0 aliphatic rings. The molecule has 0 saturated carbocycles. The first kappa shape index (κ1) is 12.5. The van der Waals surface area contributed by atoms with Gasteiger partial charge in [0.1, 0.15) is 11.3 Å². The van der Waals surface area contributed by atoms with Gasteiger partial charge in [-0.1, -0.05) is 18.2 Å². The molecule has 2 heterocycles. The first-order chi connectivity index (χ1) is 9.22. The van der Waals surface area contributed by atoms with Crippen molar-refractivity contribution in [2.45, 2.75) is 26.9 Å². The Balaban J connectivity index is 1.63. The van der Waals surface area contributed by atoms with E-state index < -0.39 is 0 Å². The Bertz CT molecular complexity index is 643. The van der Waals surface area contributed by atoms with E-state index in [0.717, 1.165) is 24.4 Å². The second-order valence-electron chi connectivity index (χ2n) is 4.81. The number of aryl methyl sites for hydroxylation is 2. The highest BCUT2D eigenvalue weighted by Crippen LogP contribution is 2.21. The maximum atomic E-state index is 5.78. The van der Waals surface area contributed by atoms with Gasteiger partial charge in [0, 0.05) is 21.7 Å². The van der Waals surface area contributed by atoms with Crippen molar-refractivity contribution in [3.05, 3.63) is 57.5 Å². The van der Waals surface area contributed by atoms with Crippen LogP contribution in [0.25, 0.3) is 11.0 Å². The standard InChI is InChI=1S/C16H17NOS/c1-11-7-15(19-12(11)2)10-17-9-14-8-13-5-3-4-6-16(13)18-14/h3-8,17H,9-10H2,1-2H3. The largest absolute Gasteiger partial charge is 0.460 e. The second-order valence-corrected chi connectivity index (χ2v) is 6.15. The summed E-state index contributed by atoms with van der Waals surface area (Å²) in [6.45, 7) is 6.00. The topological polar surface area (TPSA) is 25.2 Å². The van der Waals surface area contributed by atoms with E-state index in [1.807, 2.05) is 29.5 Å². The molecule has 3 rings (SSSR count). The van der Waals surface area contributed by atoms with Gasteiger partial charge in [-0.05, 0) is 37.6 Å². The Hall–Kier alpha value is -1.58. The molecule has 0 unspecified atom stereocenters. The summed E-state index contributed by atoms with van der Waals surface area (Å²) in [6.07, 6.45) is 0. The van der Waals surface area contributed by atoms with E-state index in [4.69, 9.17) is 4.42 Å². The lowest BCUT2D eigenvalue weighted by atomic mass is 10.2. The molecule has 3 heteroatoms. The van der Waals surface area contributed by atoms with Gasteiger partial charge in [0.2, 0.25) is 0 Å². The minimum absolute atomic E-state index is 0.769. The Morgan fingerprint density at radius 2 is 1.95 bits per heavy atom. The van der Waals surface area contributed by atoms with Gasteiger partial charge in [0.15, 0.2) is 0 Å². The average molecular weight is 271 g/mol. The molecule has 2 nitrogen and oxygen atoms in total. The van der Waals surface area contributed by atoms with E-state index in [-0.39, 0.29) is 0 Å². The van der Waals surface area contributed by atoms with Crippen LogP contribution >= 0.6 is 11.3 Å². The molecular formula is C16H17NOS. The minimum atomic E-state index is 0.769. The van der Waals surface area contributed by atoms with Gasteiger partial charge in [0.25, 0.3) is 0 Å². The molecule has 1 N–H and O–H groups in total. The second kappa shape index (κ2) is 5.19. The summed E-state index contributed by atoms with van der Waals surface area (Å²) >= 11 is 1.86. The number of furan rings is 1. The predicted molar refractivity (Wildman–Crippen MR) is 80.6 cm³/mol. The predicted octanol–water partition coefficient (Wildman–Crippen LogP) is 4.40. The van der Waals surface area contributed by atoms with Crippen LogP contribution in [0.5, 0.6) is 0 Å². The smallest absolute Gasteiger partial charge is 0.134 e. The van der Waals surface area contributed by atoms with Crippen LogP contribution in [-0.4, -0.2) is 0 Å². The molecule has 0 spiro atoms. The van der Waals surface area contributed by atoms with Gasteiger partial charge in [-0.2, -0.15) is 0 Å². The van der Waals surface area contributed by atoms with Crippen LogP contribution in [-0.2, 0) is 13.1 Å². The fraction of sp³-hybridized carbons (Fsp3) is 0.250. The lowest BCUT2D eigenvalue weighted by molar-refractivity contribution is 0.515. The Kier molecular flexibility index (Phi) is 3.40. The summed E-state index contributed by atoms with van der Waals surface area (Å²) in [5.41, 5.74) is 2.34. The lowest BCUT2D eigenvalue weighted by Gasteiger charge is -1.99. The van der Waals surface area contributed by atoms with Crippen molar-refractivity contribution in [3.63, 3.8) is 0 Å². The Morgan fingerprint density at radius 1 is 1.11 bits per heavy atom. The van der Waals surface area contributed by atoms with E-state index in [2.05, 4.69) is 37.4 Å². The van der Waals surface area contributed by atoms with Gasteiger partial charge in [-0.15, -0.1) is 11.3 Å². The lowest BCUT2D eigenvalue weighted by Crippen LogP contribution is -2.10. The van der Waals surface area contributed by atoms with Crippen molar-refractivity contribution >= 4 is 22.3 Å². The SMILES string of the molecule is Cc1cc(CNCc2cc3ccccc3o2)sc1C. The fourth-order valence-electron chi connectivity index (χ4n) is 2.17. The highest BCUT2D eigenvalue weighted by molar-refractivity contribution is 7.12. The molecule has 2 aromatic heterocycles. The van der Waals surface area contributed by atoms with Crippen molar-refractivity contribution in [1.82, 2.24) is 5.32 Å². The van der Waals surface area contributed by atoms with Gasteiger partial charge >= 0.3 is 0 Å². The van der Waals surface area contributed by atoms with Gasteiger partial charge < -0.3 is 9.73 Å². The van der Waals surface area contributed by atoms with Crippen molar-refractivity contribution in [3.8, 4) is 0 Å². The molecule has 19 heavy (non-hydrogen) atoms. The third kappa shape index (κ3) is 2.72. The van der Waals surface area contributed by atoms with Crippen molar-refractivity contribution in [1.29, 1.82) is 0 Å². The molecule has 0 atom stereocenters. The zero-order chi connectivity index (χ0) is 13.2. The van der Waals surface area contributed by atoms with Crippen molar-refractivity contribution in [2.24, 2.45) is 0 Å². The maximum Gasteiger partial charge on any atom is 0.134 e. The third-order valence-electron chi connectivity index (χ3n) is 3.29. The molecule has 0 saturated heterocycles. The summed E-state index contributed by atoms with van der Waals surface area (Å²) in [5.74, 6) is 0.992. The number of hydrogen-bond acceptors (Lipinski definition) is 3. The number of rotatable bonds is 4. The molecular weight excluding hydrogens is 254 g/mol. The molecule has 1 aromatic carbocycles. The van der Waals surface area contributed by atoms with Crippen molar-refractivity contribution < 1.29 is 4.42 Å². The highest BCUT2D eigenvalue weighted by Gasteiger charge is 2.04. The summed E-state index contributed by atoms with van der Waals surface area (Å²) in [6, 6.07) is 12.5. The van der Waals surface area contributed by atoms with E-state index in [1.165, 1.54) is 20.7 Å². The van der Waals surface area contributed by atoms with Crippen molar-refractivity contribution in [2.75, 3.05) is 0 Å². The number of nitrogens with one attached hydrogen (secondary N) is 1. The van der Waals surface area contributed by atoms with Crippen LogP contribution < -0.4 is 5.32 Å². The van der Waals surface area contributed by atoms with Crippen LogP contribution in [0, 0.1) is 13.8 Å². The van der Waals surface area contributed by atoms with Crippen LogP contribution in [0.3, 0.4) is 0 Å². The molecule has 0 aliphatic heterocycles. The fourth-order valence-corrected chi connectivity index (χ4v) is 3.19. The van der Waals surface area contributed by atoms with E-state index in [0.29, 0.717) is 0 Å². The average Bonchev–Trinajstić information content (AvgIpc) is 2.93. The Labute approximate surface area is 117 Å². The van der Waals surface area contributed by atoms with Crippen LogP contribution in [0.15, 0.2) is 40.8 Å². The molecule has 0 aliphatic carbocycles. The number of fused-ring (bicyclic) bond motifs is 1. The van der Waals surface area contributed by atoms with Gasteiger partial charge in [-0.25, -0.2) is 0 Å².